The van der Waals surface area contributed by atoms with Gasteiger partial charge in [0.25, 0.3) is 0 Å². The third kappa shape index (κ3) is 5.30. The molecule has 0 unspecified atom stereocenters. The molecule has 2 N–H and O–H groups in total. The van der Waals surface area contributed by atoms with Crippen molar-refractivity contribution >= 4 is 34.9 Å². The van der Waals surface area contributed by atoms with Gasteiger partial charge in [-0.15, -0.1) is 0 Å². The molecular weight excluding hydrogens is 314 g/mol. The van der Waals surface area contributed by atoms with Crippen LogP contribution in [0, 0.1) is 0 Å². The lowest BCUT2D eigenvalue weighted by molar-refractivity contribution is -0.127. The quantitative estimate of drug-likeness (QED) is 0.899. The van der Waals surface area contributed by atoms with Crippen molar-refractivity contribution in [3.05, 3.63) is 59.1 Å². The Hall–Kier alpha value is -2.53. The van der Waals surface area contributed by atoms with Crippen LogP contribution in [0.5, 0.6) is 0 Å². The van der Waals surface area contributed by atoms with Crippen molar-refractivity contribution in [1.82, 2.24) is 4.90 Å². The first kappa shape index (κ1) is 16.8. The number of hydrogen-bond donors (Lipinski definition) is 2. The summed E-state index contributed by atoms with van der Waals surface area (Å²) in [5, 5.41) is 5.98. The summed E-state index contributed by atoms with van der Waals surface area (Å²) in [5.41, 5.74) is 2.15. The standard InChI is InChI=1S/C17H18ClN3O2/c1-21(2)16(22)10-12-6-8-14(9-7-12)19-17(23)20-15-5-3-4-13(18)11-15/h3-9,11H,10H2,1-2H3,(H2,19,20,23). The van der Waals surface area contributed by atoms with Gasteiger partial charge in [0.05, 0.1) is 6.42 Å². The Kier molecular flexibility index (Phi) is 5.60. The molecule has 2 rings (SSSR count). The monoisotopic (exact) mass is 331 g/mol. The van der Waals surface area contributed by atoms with Crippen molar-refractivity contribution in [2.45, 2.75) is 6.42 Å². The van der Waals surface area contributed by atoms with Crippen LogP contribution in [0.4, 0.5) is 16.2 Å². The second-order valence-electron chi connectivity index (χ2n) is 5.25. The number of likely N-dealkylation sites (N-methyl/N-ethyl adjacent to an activating group) is 1. The Bertz CT molecular complexity index is 699. The minimum absolute atomic E-state index is 0.0319. The van der Waals surface area contributed by atoms with E-state index in [2.05, 4.69) is 10.6 Å². The molecule has 23 heavy (non-hydrogen) atoms. The molecule has 0 atom stereocenters. The van der Waals surface area contributed by atoms with Gasteiger partial charge in [0.2, 0.25) is 5.91 Å². The number of halogens is 1. The molecule has 2 aromatic carbocycles. The van der Waals surface area contributed by atoms with Gasteiger partial charge in [-0.3, -0.25) is 4.79 Å². The molecule has 0 heterocycles. The molecule has 0 saturated carbocycles. The molecule has 3 amide bonds. The lowest BCUT2D eigenvalue weighted by Gasteiger charge is -2.11. The molecule has 0 saturated heterocycles. The fourth-order valence-electron chi connectivity index (χ4n) is 1.90. The molecule has 0 fully saturated rings. The summed E-state index contributed by atoms with van der Waals surface area (Å²) >= 11 is 5.87. The molecule has 0 spiro atoms. The Morgan fingerprint density at radius 2 is 1.65 bits per heavy atom. The van der Waals surface area contributed by atoms with Crippen molar-refractivity contribution in [2.75, 3.05) is 24.7 Å². The van der Waals surface area contributed by atoms with E-state index >= 15 is 0 Å². The fourth-order valence-corrected chi connectivity index (χ4v) is 2.09. The molecule has 0 bridgehead atoms. The van der Waals surface area contributed by atoms with Gasteiger partial charge in [-0.05, 0) is 35.9 Å². The van der Waals surface area contributed by atoms with E-state index in [9.17, 15) is 9.59 Å². The van der Waals surface area contributed by atoms with Crippen LogP contribution in [-0.4, -0.2) is 30.9 Å². The highest BCUT2D eigenvalue weighted by Gasteiger charge is 2.06. The highest BCUT2D eigenvalue weighted by molar-refractivity contribution is 6.30. The average Bonchev–Trinajstić information content (AvgIpc) is 2.49. The first-order valence-corrected chi connectivity index (χ1v) is 7.44. The summed E-state index contributed by atoms with van der Waals surface area (Å²) in [6, 6.07) is 13.7. The Labute approximate surface area is 140 Å². The normalized spacial score (nSPS) is 10.0. The van der Waals surface area contributed by atoms with E-state index in [0.29, 0.717) is 22.8 Å². The van der Waals surface area contributed by atoms with E-state index in [1.165, 1.54) is 0 Å². The third-order valence-corrected chi connectivity index (χ3v) is 3.38. The summed E-state index contributed by atoms with van der Waals surface area (Å²) < 4.78 is 0. The molecule has 0 aromatic heterocycles. The number of urea groups is 1. The van der Waals surface area contributed by atoms with Crippen LogP contribution >= 0.6 is 11.6 Å². The van der Waals surface area contributed by atoms with E-state index in [1.807, 2.05) is 12.1 Å². The predicted molar refractivity (Wildman–Crippen MR) is 92.9 cm³/mol. The summed E-state index contributed by atoms with van der Waals surface area (Å²) in [6.45, 7) is 0. The fraction of sp³-hybridized carbons (Fsp3) is 0.176. The van der Waals surface area contributed by atoms with Crippen LogP contribution in [-0.2, 0) is 11.2 Å². The zero-order chi connectivity index (χ0) is 16.8. The van der Waals surface area contributed by atoms with Gasteiger partial charge in [-0.25, -0.2) is 4.79 Å². The molecule has 2 aromatic rings. The number of nitrogens with zero attached hydrogens (tertiary/aromatic N) is 1. The van der Waals surface area contributed by atoms with Crippen LogP contribution in [0.1, 0.15) is 5.56 Å². The SMILES string of the molecule is CN(C)C(=O)Cc1ccc(NC(=O)Nc2cccc(Cl)c2)cc1. The molecule has 6 heteroatoms. The van der Waals surface area contributed by atoms with Crippen LogP contribution in [0.25, 0.3) is 0 Å². The van der Waals surface area contributed by atoms with Crippen molar-refractivity contribution in [3.8, 4) is 0 Å². The summed E-state index contributed by atoms with van der Waals surface area (Å²) in [6.07, 6.45) is 0.335. The number of rotatable bonds is 4. The average molecular weight is 332 g/mol. The van der Waals surface area contributed by atoms with Crippen LogP contribution in [0.15, 0.2) is 48.5 Å². The zero-order valence-corrected chi connectivity index (χ0v) is 13.7. The molecule has 0 aliphatic heterocycles. The highest BCUT2D eigenvalue weighted by atomic mass is 35.5. The Morgan fingerprint density at radius 1 is 1.00 bits per heavy atom. The van der Waals surface area contributed by atoms with Gasteiger partial charge in [-0.2, -0.15) is 0 Å². The number of benzene rings is 2. The van der Waals surface area contributed by atoms with Gasteiger partial charge in [-0.1, -0.05) is 29.8 Å². The highest BCUT2D eigenvalue weighted by Crippen LogP contribution is 2.16. The second-order valence-corrected chi connectivity index (χ2v) is 5.69. The van der Waals surface area contributed by atoms with Gasteiger partial charge in [0.15, 0.2) is 0 Å². The zero-order valence-electron chi connectivity index (χ0n) is 13.0. The van der Waals surface area contributed by atoms with Gasteiger partial charge >= 0.3 is 6.03 Å². The van der Waals surface area contributed by atoms with Gasteiger partial charge in [0.1, 0.15) is 0 Å². The molecule has 120 valence electrons. The predicted octanol–water partition coefficient (Wildman–Crippen LogP) is 3.61. The third-order valence-electron chi connectivity index (χ3n) is 3.15. The molecule has 0 aliphatic rings. The first-order valence-electron chi connectivity index (χ1n) is 7.07. The minimum atomic E-state index is -0.357. The van der Waals surface area contributed by atoms with Crippen LogP contribution in [0.3, 0.4) is 0 Å². The number of hydrogen-bond acceptors (Lipinski definition) is 2. The molecule has 5 nitrogen and oxygen atoms in total. The summed E-state index contributed by atoms with van der Waals surface area (Å²) in [4.78, 5) is 25.1. The number of anilines is 2. The summed E-state index contributed by atoms with van der Waals surface area (Å²) in [5.74, 6) is 0.0319. The maximum absolute atomic E-state index is 11.9. The van der Waals surface area contributed by atoms with E-state index in [1.54, 1.807) is 55.4 Å². The van der Waals surface area contributed by atoms with Crippen molar-refractivity contribution < 1.29 is 9.59 Å². The van der Waals surface area contributed by atoms with Crippen molar-refractivity contribution in [2.24, 2.45) is 0 Å². The van der Waals surface area contributed by atoms with E-state index in [4.69, 9.17) is 11.6 Å². The van der Waals surface area contributed by atoms with Crippen molar-refractivity contribution in [3.63, 3.8) is 0 Å². The van der Waals surface area contributed by atoms with E-state index < -0.39 is 0 Å². The van der Waals surface area contributed by atoms with Crippen molar-refractivity contribution in [1.29, 1.82) is 0 Å². The largest absolute Gasteiger partial charge is 0.349 e. The number of carbonyl (C=O) groups is 2. The lowest BCUT2D eigenvalue weighted by Crippen LogP contribution is -2.23. The molecule has 0 aliphatic carbocycles. The molecule has 0 radical (unpaired) electrons. The van der Waals surface area contributed by atoms with E-state index in [0.717, 1.165) is 5.56 Å². The summed E-state index contributed by atoms with van der Waals surface area (Å²) in [7, 11) is 3.44. The Balaban J connectivity index is 1.92. The minimum Gasteiger partial charge on any atom is -0.349 e. The maximum Gasteiger partial charge on any atom is 0.323 e. The maximum atomic E-state index is 11.9. The number of nitrogens with one attached hydrogen (secondary N) is 2. The topological polar surface area (TPSA) is 61.4 Å². The number of amides is 3. The van der Waals surface area contributed by atoms with E-state index in [-0.39, 0.29) is 11.9 Å². The van der Waals surface area contributed by atoms with Gasteiger partial charge < -0.3 is 15.5 Å². The molecular formula is C17H18ClN3O2. The van der Waals surface area contributed by atoms with Crippen LogP contribution < -0.4 is 10.6 Å². The Morgan fingerprint density at radius 3 is 2.26 bits per heavy atom. The second kappa shape index (κ2) is 7.65. The van der Waals surface area contributed by atoms with Crippen LogP contribution in [0.2, 0.25) is 5.02 Å². The first-order chi connectivity index (χ1) is 10.9. The smallest absolute Gasteiger partial charge is 0.323 e. The number of carbonyl (C=O) groups excluding carboxylic acids is 2. The van der Waals surface area contributed by atoms with Gasteiger partial charge in [0, 0.05) is 30.5 Å². The lowest BCUT2D eigenvalue weighted by atomic mass is 10.1.